The van der Waals surface area contributed by atoms with Gasteiger partial charge in [-0.15, -0.1) is 0 Å². The highest BCUT2D eigenvalue weighted by Gasteiger charge is 2.54. The van der Waals surface area contributed by atoms with Crippen LogP contribution < -0.4 is 10.1 Å². The third-order valence-electron chi connectivity index (χ3n) is 6.26. The second-order valence-electron chi connectivity index (χ2n) is 9.13. The lowest BCUT2D eigenvalue weighted by Crippen LogP contribution is -2.51. The normalized spacial score (nSPS) is 18.2. The van der Waals surface area contributed by atoms with Gasteiger partial charge in [0.1, 0.15) is 12.3 Å². The number of carbonyl (C=O) groups is 1. The first-order valence-electron chi connectivity index (χ1n) is 12.5. The number of halogens is 4. The monoisotopic (exact) mass is 631 g/mol. The molecule has 2 atom stereocenters. The number of aliphatic imine (C=N–C) groups is 1. The Morgan fingerprint density at radius 2 is 1.85 bits per heavy atom. The molecule has 2 N–H and O–H groups in total. The number of carbonyl (C=O) groups excluding carboxylic acids is 1. The molecule has 1 heterocycles. The molecule has 3 aromatic carbocycles. The molecule has 4 rings (SSSR count). The van der Waals surface area contributed by atoms with Gasteiger partial charge in [-0.1, -0.05) is 57.4 Å². The third kappa shape index (κ3) is 7.37. The quantitative estimate of drug-likeness (QED) is 0.111. The predicted molar refractivity (Wildman–Crippen MR) is 149 cm³/mol. The van der Waals surface area contributed by atoms with Crippen molar-refractivity contribution in [3.8, 4) is 5.75 Å². The minimum Gasteiger partial charge on any atom is -0.494 e. The van der Waals surface area contributed by atoms with E-state index >= 15 is 0 Å². The molecule has 0 saturated carbocycles. The van der Waals surface area contributed by atoms with Crippen LogP contribution in [0, 0.1) is 0 Å². The molecule has 0 unspecified atom stereocenters. The summed E-state index contributed by atoms with van der Waals surface area (Å²) >= 11 is 3.37. The van der Waals surface area contributed by atoms with Crippen molar-refractivity contribution in [3.05, 3.63) is 104 Å². The Morgan fingerprint density at radius 3 is 2.51 bits per heavy atom. The van der Waals surface area contributed by atoms with Crippen LogP contribution in [0.2, 0.25) is 0 Å². The number of benzene rings is 3. The van der Waals surface area contributed by atoms with Gasteiger partial charge in [0.25, 0.3) is 5.91 Å². The first-order valence-corrected chi connectivity index (χ1v) is 13.3. The Balaban J connectivity index is 1.83. The fourth-order valence-electron chi connectivity index (χ4n) is 4.35. The van der Waals surface area contributed by atoms with Crippen molar-refractivity contribution in [1.29, 1.82) is 0 Å². The van der Waals surface area contributed by atoms with Crippen LogP contribution in [0.25, 0.3) is 10.4 Å². The fraction of sp³-hybridized carbons (Fsp3) is 0.286. The van der Waals surface area contributed by atoms with Crippen molar-refractivity contribution < 1.29 is 32.5 Å². The number of nitrogens with one attached hydrogen (secondary N) is 1. The molecule has 13 heteroatoms. The van der Waals surface area contributed by atoms with Gasteiger partial charge in [-0.25, -0.2) is 4.99 Å². The molecule has 3 aromatic rings. The maximum absolute atomic E-state index is 13.8. The standard InChI is InChI=1S/C28H25BrF3N5O4/c29-21-10-6-18(7-11-21)24-27(26(39)34-17-28(30,31)32,16-20-4-1-2-5-23(20)36-37-33)35-25(41-24)19-8-12-22(13-9-19)40-15-3-14-38/h1-2,4-13,24,38H,3,14-17H2,(H,34,39)/t24-,27-/m1/s1. The topological polar surface area (TPSA) is 129 Å². The second-order valence-corrected chi connectivity index (χ2v) is 10.0. The van der Waals surface area contributed by atoms with E-state index in [2.05, 4.69) is 30.9 Å². The summed E-state index contributed by atoms with van der Waals surface area (Å²) in [6, 6.07) is 19.9. The van der Waals surface area contributed by atoms with E-state index in [9.17, 15) is 18.0 Å². The number of aliphatic hydroxyl groups is 1. The van der Waals surface area contributed by atoms with E-state index < -0.39 is 30.3 Å². The van der Waals surface area contributed by atoms with Gasteiger partial charge in [0.05, 0.1) is 6.61 Å². The number of aliphatic hydroxyl groups excluding tert-OH is 1. The summed E-state index contributed by atoms with van der Waals surface area (Å²) in [5.41, 5.74) is 8.74. The van der Waals surface area contributed by atoms with Crippen LogP contribution in [-0.2, 0) is 16.0 Å². The zero-order valence-electron chi connectivity index (χ0n) is 21.5. The lowest BCUT2D eigenvalue weighted by Gasteiger charge is -2.31. The first-order chi connectivity index (χ1) is 19.6. The smallest absolute Gasteiger partial charge is 0.405 e. The van der Waals surface area contributed by atoms with E-state index in [1.807, 2.05) is 5.32 Å². The minimum atomic E-state index is -4.66. The number of rotatable bonds is 11. The van der Waals surface area contributed by atoms with Gasteiger partial charge in [-0.05, 0) is 53.1 Å². The minimum absolute atomic E-state index is 0.0124. The average Bonchev–Trinajstić information content (AvgIpc) is 3.34. The molecule has 0 radical (unpaired) electrons. The van der Waals surface area contributed by atoms with Crippen molar-refractivity contribution in [2.45, 2.75) is 30.7 Å². The van der Waals surface area contributed by atoms with Crippen LogP contribution in [0.15, 0.2) is 87.4 Å². The SMILES string of the molecule is [N-]=[N+]=Nc1ccccc1C[C@@]1(C(=O)NCC(F)(F)F)N=C(c2ccc(OCCCO)cc2)O[C@@H]1c1ccc(Br)cc1. The summed E-state index contributed by atoms with van der Waals surface area (Å²) in [5, 5.41) is 14.7. The van der Waals surface area contributed by atoms with Gasteiger partial charge in [-0.2, -0.15) is 13.2 Å². The molecule has 0 fully saturated rings. The molecule has 1 aliphatic heterocycles. The van der Waals surface area contributed by atoms with Gasteiger partial charge < -0.3 is 19.9 Å². The molecule has 41 heavy (non-hydrogen) atoms. The molecule has 0 aromatic heterocycles. The molecule has 9 nitrogen and oxygen atoms in total. The molecule has 0 saturated heterocycles. The van der Waals surface area contributed by atoms with E-state index in [0.29, 0.717) is 35.5 Å². The first kappa shape index (κ1) is 29.9. The maximum atomic E-state index is 13.8. The number of hydrogen-bond donors (Lipinski definition) is 2. The summed E-state index contributed by atoms with van der Waals surface area (Å²) in [6.45, 7) is -1.27. The van der Waals surface area contributed by atoms with Crippen molar-refractivity contribution in [2.24, 2.45) is 10.1 Å². The predicted octanol–water partition coefficient (Wildman–Crippen LogP) is 6.33. The van der Waals surface area contributed by atoms with Crippen molar-refractivity contribution in [2.75, 3.05) is 19.8 Å². The van der Waals surface area contributed by atoms with Crippen LogP contribution >= 0.6 is 15.9 Å². The van der Waals surface area contributed by atoms with Gasteiger partial charge >= 0.3 is 6.18 Å². The number of nitrogens with zero attached hydrogens (tertiary/aromatic N) is 4. The fourth-order valence-corrected chi connectivity index (χ4v) is 4.61. The van der Waals surface area contributed by atoms with Crippen molar-refractivity contribution in [3.63, 3.8) is 0 Å². The van der Waals surface area contributed by atoms with E-state index in [1.165, 1.54) is 0 Å². The average molecular weight is 632 g/mol. The van der Waals surface area contributed by atoms with Crippen molar-refractivity contribution in [1.82, 2.24) is 5.32 Å². The van der Waals surface area contributed by atoms with E-state index in [4.69, 9.17) is 20.1 Å². The van der Waals surface area contributed by atoms with Gasteiger partial charge in [0.2, 0.25) is 5.90 Å². The third-order valence-corrected chi connectivity index (χ3v) is 6.78. The molecule has 214 valence electrons. The molecule has 0 spiro atoms. The highest BCUT2D eigenvalue weighted by Crippen LogP contribution is 2.44. The maximum Gasteiger partial charge on any atom is 0.405 e. The largest absolute Gasteiger partial charge is 0.494 e. The lowest BCUT2D eigenvalue weighted by molar-refractivity contribution is -0.143. The Morgan fingerprint density at radius 1 is 1.15 bits per heavy atom. The van der Waals surface area contributed by atoms with Crippen LogP contribution in [0.3, 0.4) is 0 Å². The summed E-state index contributed by atoms with van der Waals surface area (Å²) < 4.78 is 52.2. The molecule has 1 amide bonds. The Labute approximate surface area is 241 Å². The molecular weight excluding hydrogens is 607 g/mol. The Bertz CT molecular complexity index is 1440. The summed E-state index contributed by atoms with van der Waals surface area (Å²) in [5.74, 6) is -0.427. The number of alkyl halides is 3. The van der Waals surface area contributed by atoms with E-state index in [-0.39, 0.29) is 24.6 Å². The van der Waals surface area contributed by atoms with E-state index in [0.717, 1.165) is 4.47 Å². The van der Waals surface area contributed by atoms with Crippen LogP contribution in [0.1, 0.15) is 29.2 Å². The zero-order valence-corrected chi connectivity index (χ0v) is 23.1. The number of hydrogen-bond acceptors (Lipinski definition) is 6. The summed E-state index contributed by atoms with van der Waals surface area (Å²) in [6.07, 6.45) is -5.55. The van der Waals surface area contributed by atoms with E-state index in [1.54, 1.807) is 72.8 Å². The van der Waals surface area contributed by atoms with Crippen LogP contribution in [-0.4, -0.2) is 48.4 Å². The molecular formula is C28H25BrF3N5O4. The second kappa shape index (κ2) is 13.1. The van der Waals surface area contributed by atoms with Crippen molar-refractivity contribution >= 4 is 33.4 Å². The van der Waals surface area contributed by atoms with Gasteiger partial charge in [0, 0.05) is 40.1 Å². The summed E-state index contributed by atoms with van der Waals surface area (Å²) in [7, 11) is 0. The highest BCUT2D eigenvalue weighted by molar-refractivity contribution is 9.10. The zero-order chi connectivity index (χ0) is 29.5. The Kier molecular flexibility index (Phi) is 9.53. The van der Waals surface area contributed by atoms with Crippen LogP contribution in [0.5, 0.6) is 5.75 Å². The van der Waals surface area contributed by atoms with Gasteiger partial charge in [-0.3, -0.25) is 4.79 Å². The highest BCUT2D eigenvalue weighted by atomic mass is 79.9. The Hall–Kier alpha value is -4.06. The van der Waals surface area contributed by atoms with Crippen LogP contribution in [0.4, 0.5) is 18.9 Å². The summed E-state index contributed by atoms with van der Waals surface area (Å²) in [4.78, 5) is 21.3. The molecule has 0 bridgehead atoms. The molecule has 1 aliphatic rings. The number of azide groups is 1. The lowest BCUT2D eigenvalue weighted by atomic mass is 9.81. The van der Waals surface area contributed by atoms with Gasteiger partial charge in [0.15, 0.2) is 11.6 Å². The molecule has 0 aliphatic carbocycles. The number of ether oxygens (including phenoxy) is 2. The number of amides is 1.